The molecule has 0 bridgehead atoms. The number of rotatable bonds is 3. The smallest absolute Gasteiger partial charge is 0.266 e. The molecule has 2 amide bonds. The molecular weight excluding hydrogens is 480 g/mol. The highest BCUT2D eigenvalue weighted by molar-refractivity contribution is 9.10. The summed E-state index contributed by atoms with van der Waals surface area (Å²) in [5.74, 6) is -1.34. The number of nitrogens with zero attached hydrogens (tertiary/aromatic N) is 2. The van der Waals surface area contributed by atoms with E-state index >= 15 is 0 Å². The number of aryl methyl sites for hydroxylation is 1. The Morgan fingerprint density at radius 1 is 0.935 bits per heavy atom. The van der Waals surface area contributed by atoms with Crippen LogP contribution in [0.15, 0.2) is 77.3 Å². The molecule has 5 rings (SSSR count). The van der Waals surface area contributed by atoms with Gasteiger partial charge < -0.3 is 0 Å². The molecule has 156 valence electrons. The van der Waals surface area contributed by atoms with Crippen LogP contribution in [0.5, 0.6) is 0 Å². The molecule has 0 aromatic heterocycles. The summed E-state index contributed by atoms with van der Waals surface area (Å²) < 4.78 is 0.890. The average molecular weight is 498 g/mol. The van der Waals surface area contributed by atoms with Crippen LogP contribution in [-0.4, -0.2) is 17.9 Å². The first-order valence-corrected chi connectivity index (χ1v) is 11.0. The third-order valence-electron chi connectivity index (χ3n) is 5.73. The zero-order valence-corrected chi connectivity index (χ0v) is 18.9. The zero-order valence-electron chi connectivity index (χ0n) is 16.5. The normalized spacial score (nSPS) is 22.9. The molecule has 5 nitrogen and oxygen atoms in total. The van der Waals surface area contributed by atoms with Crippen LogP contribution in [0.25, 0.3) is 0 Å². The average Bonchev–Trinajstić information content (AvgIpc) is 3.27. The Morgan fingerprint density at radius 2 is 1.71 bits per heavy atom. The monoisotopic (exact) mass is 496 g/mol. The summed E-state index contributed by atoms with van der Waals surface area (Å²) in [6.45, 7) is 1.85. The van der Waals surface area contributed by atoms with Crippen LogP contribution in [0, 0.1) is 12.8 Å². The number of halogens is 2. The largest absolute Gasteiger partial charge is 0.273 e. The lowest BCUT2D eigenvalue weighted by Gasteiger charge is -2.29. The molecule has 2 aliphatic rings. The third-order valence-corrected chi connectivity index (χ3v) is 6.46. The minimum atomic E-state index is -0.907. The van der Waals surface area contributed by atoms with E-state index in [1.54, 1.807) is 23.3 Å². The summed E-state index contributed by atoms with van der Waals surface area (Å²) in [7, 11) is 0. The molecule has 2 fully saturated rings. The highest BCUT2D eigenvalue weighted by Gasteiger charge is 2.60. The summed E-state index contributed by atoms with van der Waals surface area (Å²) >= 11 is 9.68. The fourth-order valence-electron chi connectivity index (χ4n) is 4.30. The van der Waals surface area contributed by atoms with Gasteiger partial charge in [-0.2, -0.15) is 0 Å². The molecular formula is C24H18BrClN2O3. The van der Waals surface area contributed by atoms with Gasteiger partial charge in [0.15, 0.2) is 6.10 Å². The molecule has 3 atom stereocenters. The topological polar surface area (TPSA) is 49.9 Å². The number of hydrogen-bond acceptors (Lipinski definition) is 4. The van der Waals surface area contributed by atoms with Gasteiger partial charge in [0.25, 0.3) is 5.91 Å². The number of benzene rings is 3. The number of hydroxylamine groups is 1. The van der Waals surface area contributed by atoms with E-state index in [1.165, 1.54) is 4.90 Å². The van der Waals surface area contributed by atoms with Crippen molar-refractivity contribution < 1.29 is 14.4 Å². The minimum absolute atomic E-state index is 0.288. The zero-order chi connectivity index (χ0) is 21.7. The molecule has 7 heteroatoms. The van der Waals surface area contributed by atoms with E-state index < -0.39 is 18.1 Å². The molecule has 0 spiro atoms. The van der Waals surface area contributed by atoms with E-state index in [9.17, 15) is 9.59 Å². The van der Waals surface area contributed by atoms with Gasteiger partial charge in [0.2, 0.25) is 5.91 Å². The number of carbonyl (C=O) groups excluding carboxylic acids is 2. The van der Waals surface area contributed by atoms with Crippen molar-refractivity contribution in [2.75, 3.05) is 9.96 Å². The maximum atomic E-state index is 13.7. The quantitative estimate of drug-likeness (QED) is 0.451. The molecule has 0 saturated carbocycles. The van der Waals surface area contributed by atoms with Gasteiger partial charge in [-0.3, -0.25) is 14.4 Å². The number of carbonyl (C=O) groups is 2. The third kappa shape index (κ3) is 3.35. The van der Waals surface area contributed by atoms with Gasteiger partial charge in [0.1, 0.15) is 5.92 Å². The van der Waals surface area contributed by atoms with Gasteiger partial charge in [-0.15, -0.1) is 0 Å². The van der Waals surface area contributed by atoms with E-state index in [-0.39, 0.29) is 11.8 Å². The Labute approximate surface area is 193 Å². The minimum Gasteiger partial charge on any atom is -0.273 e. The molecule has 3 aromatic rings. The van der Waals surface area contributed by atoms with E-state index in [0.717, 1.165) is 21.3 Å². The van der Waals surface area contributed by atoms with E-state index in [4.69, 9.17) is 16.4 Å². The first-order valence-electron chi connectivity index (χ1n) is 9.86. The second-order valence-corrected chi connectivity index (χ2v) is 9.01. The van der Waals surface area contributed by atoms with E-state index in [2.05, 4.69) is 15.9 Å². The van der Waals surface area contributed by atoms with Crippen molar-refractivity contribution in [3.8, 4) is 0 Å². The lowest BCUT2D eigenvalue weighted by Crippen LogP contribution is -2.37. The van der Waals surface area contributed by atoms with Gasteiger partial charge in [-0.25, -0.2) is 9.96 Å². The lowest BCUT2D eigenvalue weighted by molar-refractivity contribution is -0.126. The SMILES string of the molecule is Cc1ccc(Cl)cc1N1C(=O)[C@H]2[C@@H](c3cccc(Br)c3)N(c3ccccc3)O[C@H]2C1=O. The molecule has 0 unspecified atom stereocenters. The Kier molecular flexibility index (Phi) is 5.08. The van der Waals surface area contributed by atoms with E-state index in [1.807, 2.05) is 61.5 Å². The second-order valence-electron chi connectivity index (χ2n) is 7.66. The number of imide groups is 1. The summed E-state index contributed by atoms with van der Waals surface area (Å²) in [5, 5.41) is 2.16. The van der Waals surface area contributed by atoms with Crippen molar-refractivity contribution in [1.82, 2.24) is 0 Å². The maximum absolute atomic E-state index is 13.7. The molecule has 2 saturated heterocycles. The van der Waals surface area contributed by atoms with Crippen LogP contribution >= 0.6 is 27.5 Å². The second kappa shape index (κ2) is 7.79. The Hall–Kier alpha value is -2.67. The van der Waals surface area contributed by atoms with E-state index in [0.29, 0.717) is 10.7 Å². The van der Waals surface area contributed by atoms with Crippen LogP contribution < -0.4 is 9.96 Å². The van der Waals surface area contributed by atoms with Crippen molar-refractivity contribution in [3.05, 3.63) is 93.4 Å². The molecule has 2 heterocycles. The first-order chi connectivity index (χ1) is 15.0. The van der Waals surface area contributed by atoms with Crippen LogP contribution in [0.1, 0.15) is 17.2 Å². The van der Waals surface area contributed by atoms with Crippen molar-refractivity contribution in [3.63, 3.8) is 0 Å². The number of fused-ring (bicyclic) bond motifs is 1. The lowest BCUT2D eigenvalue weighted by atomic mass is 9.90. The summed E-state index contributed by atoms with van der Waals surface area (Å²) in [6.07, 6.45) is -0.907. The highest BCUT2D eigenvalue weighted by Crippen LogP contribution is 2.48. The highest BCUT2D eigenvalue weighted by atomic mass is 79.9. The number of anilines is 2. The fourth-order valence-corrected chi connectivity index (χ4v) is 4.89. The van der Waals surface area contributed by atoms with Gasteiger partial charge in [-0.05, 0) is 54.4 Å². The molecule has 0 radical (unpaired) electrons. The summed E-state index contributed by atoms with van der Waals surface area (Å²) in [6, 6.07) is 22.0. The van der Waals surface area contributed by atoms with Crippen LogP contribution in [0.4, 0.5) is 11.4 Å². The first kappa shape index (κ1) is 20.2. The maximum Gasteiger partial charge on any atom is 0.266 e. The van der Waals surface area contributed by atoms with Crippen molar-refractivity contribution in [2.45, 2.75) is 19.1 Å². The van der Waals surface area contributed by atoms with Gasteiger partial charge in [0, 0.05) is 9.50 Å². The van der Waals surface area contributed by atoms with Crippen LogP contribution in [-0.2, 0) is 14.4 Å². The summed E-state index contributed by atoms with van der Waals surface area (Å²) in [5.41, 5.74) is 2.97. The summed E-state index contributed by atoms with van der Waals surface area (Å²) in [4.78, 5) is 34.4. The Balaban J connectivity index is 1.61. The van der Waals surface area contributed by atoms with Crippen molar-refractivity contribution in [1.29, 1.82) is 0 Å². The van der Waals surface area contributed by atoms with Gasteiger partial charge >= 0.3 is 0 Å². The van der Waals surface area contributed by atoms with Gasteiger partial charge in [0.05, 0.1) is 17.4 Å². The predicted molar refractivity (Wildman–Crippen MR) is 123 cm³/mol. The predicted octanol–water partition coefficient (Wildman–Crippen LogP) is 5.46. The molecule has 31 heavy (non-hydrogen) atoms. The number of para-hydroxylation sites is 1. The standard InChI is InChI=1S/C24H18BrClN2O3/c1-14-10-11-17(26)13-19(14)27-23(29)20-21(15-6-5-7-16(25)12-15)28(31-22(20)24(27)30)18-8-3-2-4-9-18/h2-13,20-22H,1H3/t20-,21+,22+/m0/s1. The Bertz CT molecular complexity index is 1190. The van der Waals surface area contributed by atoms with Crippen molar-refractivity contribution in [2.24, 2.45) is 5.92 Å². The van der Waals surface area contributed by atoms with Crippen molar-refractivity contribution >= 4 is 50.7 Å². The fraction of sp³-hybridized carbons (Fsp3) is 0.167. The molecule has 0 N–H and O–H groups in total. The molecule has 2 aliphatic heterocycles. The molecule has 3 aromatic carbocycles. The Morgan fingerprint density at radius 3 is 2.45 bits per heavy atom. The van der Waals surface area contributed by atoms with Crippen LogP contribution in [0.3, 0.4) is 0 Å². The number of hydrogen-bond donors (Lipinski definition) is 0. The van der Waals surface area contributed by atoms with Crippen LogP contribution in [0.2, 0.25) is 5.02 Å². The molecule has 0 aliphatic carbocycles. The van der Waals surface area contributed by atoms with Gasteiger partial charge in [-0.1, -0.05) is 63.9 Å². The number of amides is 2.